The van der Waals surface area contributed by atoms with Crippen molar-refractivity contribution in [1.29, 1.82) is 0 Å². The van der Waals surface area contributed by atoms with E-state index < -0.39 is 4.92 Å². The van der Waals surface area contributed by atoms with Gasteiger partial charge in [0.2, 0.25) is 5.82 Å². The lowest BCUT2D eigenvalue weighted by Gasteiger charge is -2.21. The van der Waals surface area contributed by atoms with Gasteiger partial charge in [-0.15, -0.1) is 0 Å². The van der Waals surface area contributed by atoms with Crippen molar-refractivity contribution in [3.8, 4) is 11.6 Å². The summed E-state index contributed by atoms with van der Waals surface area (Å²) in [6.07, 6.45) is 4.29. The molecule has 0 saturated carbocycles. The van der Waals surface area contributed by atoms with Crippen molar-refractivity contribution >= 4 is 17.2 Å². The Morgan fingerprint density at radius 1 is 1.16 bits per heavy atom. The van der Waals surface area contributed by atoms with Crippen molar-refractivity contribution < 1.29 is 9.66 Å². The average Bonchev–Trinajstić information content (AvgIpc) is 2.64. The largest absolute Gasteiger partial charge is 0.432 e. The molecule has 8 heteroatoms. The highest BCUT2D eigenvalue weighted by Crippen LogP contribution is 2.38. The second kappa shape index (κ2) is 7.35. The number of nitrogens with zero attached hydrogens (tertiary/aromatic N) is 5. The van der Waals surface area contributed by atoms with E-state index in [2.05, 4.69) is 15.0 Å². The van der Waals surface area contributed by atoms with E-state index in [1.807, 2.05) is 37.3 Å². The van der Waals surface area contributed by atoms with Gasteiger partial charge in [0.25, 0.3) is 0 Å². The first-order valence-electron chi connectivity index (χ1n) is 7.60. The van der Waals surface area contributed by atoms with Crippen molar-refractivity contribution in [1.82, 2.24) is 15.0 Å². The monoisotopic (exact) mass is 337 g/mol. The quantitative estimate of drug-likeness (QED) is 0.499. The maximum Gasteiger partial charge on any atom is 0.373 e. The van der Waals surface area contributed by atoms with Crippen LogP contribution in [0.5, 0.6) is 11.6 Å². The first kappa shape index (κ1) is 16.3. The maximum absolute atomic E-state index is 11.7. The van der Waals surface area contributed by atoms with Gasteiger partial charge in [-0.05, 0) is 31.2 Å². The van der Waals surface area contributed by atoms with Crippen molar-refractivity contribution in [2.75, 3.05) is 11.4 Å². The molecule has 0 aliphatic rings. The molecule has 0 saturated heterocycles. The van der Waals surface area contributed by atoms with E-state index in [9.17, 15) is 10.1 Å². The fourth-order valence-corrected chi connectivity index (χ4v) is 2.37. The molecule has 0 fully saturated rings. The van der Waals surface area contributed by atoms with E-state index in [1.165, 1.54) is 12.5 Å². The summed E-state index contributed by atoms with van der Waals surface area (Å²) in [5.41, 5.74) is 0.496. The van der Waals surface area contributed by atoms with Crippen LogP contribution in [0.3, 0.4) is 0 Å². The summed E-state index contributed by atoms with van der Waals surface area (Å²) in [5.74, 6) is 0.406. The van der Waals surface area contributed by atoms with Crippen LogP contribution in [0.25, 0.3) is 0 Å². The fourth-order valence-electron chi connectivity index (χ4n) is 2.37. The van der Waals surface area contributed by atoms with E-state index >= 15 is 0 Å². The third-order valence-corrected chi connectivity index (χ3v) is 3.44. The van der Waals surface area contributed by atoms with E-state index in [0.29, 0.717) is 12.3 Å². The molecule has 0 unspecified atom stereocenters. The van der Waals surface area contributed by atoms with Gasteiger partial charge in [-0.2, -0.15) is 4.98 Å². The average molecular weight is 337 g/mol. The number of ether oxygens (including phenoxy) is 1. The molecule has 2 aromatic heterocycles. The number of para-hydroxylation sites is 1. The lowest BCUT2D eigenvalue weighted by Crippen LogP contribution is -2.19. The van der Waals surface area contributed by atoms with Crippen molar-refractivity contribution in [3.63, 3.8) is 0 Å². The van der Waals surface area contributed by atoms with Crippen LogP contribution < -0.4 is 9.64 Å². The normalized spacial score (nSPS) is 10.3. The zero-order valence-electron chi connectivity index (χ0n) is 13.4. The minimum Gasteiger partial charge on any atom is -0.432 e. The molecule has 0 N–H and O–H groups in total. The third kappa shape index (κ3) is 3.52. The Hall–Kier alpha value is -3.55. The second-order valence-corrected chi connectivity index (χ2v) is 4.98. The Labute approximate surface area is 143 Å². The topological polar surface area (TPSA) is 94.3 Å². The Balaban J connectivity index is 2.07. The van der Waals surface area contributed by atoms with Crippen molar-refractivity contribution in [2.24, 2.45) is 0 Å². The van der Waals surface area contributed by atoms with Crippen LogP contribution in [0.2, 0.25) is 0 Å². The molecule has 1 aromatic carbocycles. The second-order valence-electron chi connectivity index (χ2n) is 4.98. The number of nitro groups is 1. The lowest BCUT2D eigenvalue weighted by atomic mass is 10.2. The Bertz CT molecular complexity index is 859. The smallest absolute Gasteiger partial charge is 0.373 e. The predicted molar refractivity (Wildman–Crippen MR) is 92.1 cm³/mol. The van der Waals surface area contributed by atoms with E-state index in [-0.39, 0.29) is 17.4 Å². The minimum atomic E-state index is -0.535. The molecule has 0 atom stereocenters. The molecule has 25 heavy (non-hydrogen) atoms. The van der Waals surface area contributed by atoms with Gasteiger partial charge in [-0.1, -0.05) is 18.2 Å². The van der Waals surface area contributed by atoms with Gasteiger partial charge in [0.05, 0.1) is 11.1 Å². The molecule has 0 bridgehead atoms. The van der Waals surface area contributed by atoms with Crippen LogP contribution >= 0.6 is 0 Å². The summed E-state index contributed by atoms with van der Waals surface area (Å²) < 4.78 is 5.56. The standard InChI is InChI=1S/C17H15N5O3/c1-2-21(13-7-4-3-5-8-13)16-15(22(23)24)17(20-12-19-16)25-14-9-6-10-18-11-14/h3-12H,2H2,1H3. The molecule has 0 amide bonds. The molecule has 0 radical (unpaired) electrons. The Morgan fingerprint density at radius 3 is 2.60 bits per heavy atom. The summed E-state index contributed by atoms with van der Waals surface area (Å²) in [7, 11) is 0. The molecule has 3 aromatic rings. The summed E-state index contributed by atoms with van der Waals surface area (Å²) in [5, 5.41) is 11.7. The molecule has 2 heterocycles. The van der Waals surface area contributed by atoms with E-state index in [4.69, 9.17) is 4.74 Å². The van der Waals surface area contributed by atoms with Gasteiger partial charge in [-0.3, -0.25) is 15.1 Å². The molecular weight excluding hydrogens is 322 g/mol. The maximum atomic E-state index is 11.7. The van der Waals surface area contributed by atoms with Gasteiger partial charge in [-0.25, -0.2) is 4.98 Å². The lowest BCUT2D eigenvalue weighted by molar-refractivity contribution is -0.385. The van der Waals surface area contributed by atoms with Crippen molar-refractivity contribution in [3.05, 3.63) is 71.3 Å². The SMILES string of the molecule is CCN(c1ccccc1)c1ncnc(Oc2cccnc2)c1[N+](=O)[O-]. The summed E-state index contributed by atoms with van der Waals surface area (Å²) >= 11 is 0. The number of benzene rings is 1. The Morgan fingerprint density at radius 2 is 1.96 bits per heavy atom. The van der Waals surface area contributed by atoms with E-state index in [0.717, 1.165) is 5.69 Å². The van der Waals surface area contributed by atoms with Gasteiger partial charge >= 0.3 is 11.6 Å². The number of aromatic nitrogens is 3. The molecule has 0 spiro atoms. The zero-order chi connectivity index (χ0) is 17.6. The molecule has 3 rings (SSSR count). The molecule has 0 aliphatic heterocycles. The first-order valence-corrected chi connectivity index (χ1v) is 7.60. The van der Waals surface area contributed by atoms with Crippen LogP contribution in [0.15, 0.2) is 61.2 Å². The molecule has 0 aliphatic carbocycles. The zero-order valence-corrected chi connectivity index (χ0v) is 13.4. The highest BCUT2D eigenvalue weighted by Gasteiger charge is 2.29. The van der Waals surface area contributed by atoms with Crippen LogP contribution in [-0.4, -0.2) is 26.4 Å². The number of hydrogen-bond donors (Lipinski definition) is 0. The van der Waals surface area contributed by atoms with Crippen LogP contribution in [0, 0.1) is 10.1 Å². The number of anilines is 2. The number of pyridine rings is 1. The third-order valence-electron chi connectivity index (χ3n) is 3.44. The first-order chi connectivity index (χ1) is 12.2. The van der Waals surface area contributed by atoms with Crippen LogP contribution in [-0.2, 0) is 0 Å². The van der Waals surface area contributed by atoms with Gasteiger partial charge in [0, 0.05) is 18.4 Å². The predicted octanol–water partition coefficient (Wildman–Crippen LogP) is 3.73. The molecule has 126 valence electrons. The summed E-state index contributed by atoms with van der Waals surface area (Å²) in [6.45, 7) is 2.38. The minimum absolute atomic E-state index is 0.127. The van der Waals surface area contributed by atoms with Crippen LogP contribution in [0.1, 0.15) is 6.92 Å². The van der Waals surface area contributed by atoms with Gasteiger partial charge < -0.3 is 9.64 Å². The highest BCUT2D eigenvalue weighted by molar-refractivity contribution is 5.71. The van der Waals surface area contributed by atoms with Gasteiger partial charge in [0.15, 0.2) is 0 Å². The summed E-state index contributed by atoms with van der Waals surface area (Å²) in [4.78, 5) is 24.9. The Kier molecular flexibility index (Phi) is 4.79. The molecular formula is C17H15N5O3. The van der Waals surface area contributed by atoms with Gasteiger partial charge in [0.1, 0.15) is 12.1 Å². The van der Waals surface area contributed by atoms with Crippen molar-refractivity contribution in [2.45, 2.75) is 6.92 Å². The van der Waals surface area contributed by atoms with Crippen LogP contribution in [0.4, 0.5) is 17.2 Å². The van der Waals surface area contributed by atoms with E-state index in [1.54, 1.807) is 23.2 Å². The fraction of sp³-hybridized carbons (Fsp3) is 0.118. The summed E-state index contributed by atoms with van der Waals surface area (Å²) in [6, 6.07) is 12.6. The number of hydrogen-bond acceptors (Lipinski definition) is 7. The highest BCUT2D eigenvalue weighted by atomic mass is 16.6. The molecule has 8 nitrogen and oxygen atoms in total. The number of rotatable bonds is 6.